The number of hydrogen-bond acceptors (Lipinski definition) is 0. The third-order valence-corrected chi connectivity index (χ3v) is 7.34. The fourth-order valence-electron chi connectivity index (χ4n) is 5.90. The Bertz CT molecular complexity index is 1700. The van der Waals surface area contributed by atoms with Crippen LogP contribution in [-0.2, 0) is 5.41 Å². The largest absolute Gasteiger partial charge is 0.309 e. The summed E-state index contributed by atoms with van der Waals surface area (Å²) >= 11 is 0. The molecule has 0 N–H and O–H groups in total. The Hall–Kier alpha value is -3.84. The quantitative estimate of drug-likeness (QED) is 0.258. The molecule has 0 aliphatic heterocycles. The van der Waals surface area contributed by atoms with Crippen molar-refractivity contribution in [2.24, 2.45) is 0 Å². The molecule has 32 heavy (non-hydrogen) atoms. The maximum atomic E-state index is 2.49. The first-order valence-corrected chi connectivity index (χ1v) is 11.3. The van der Waals surface area contributed by atoms with E-state index in [1.807, 2.05) is 0 Å². The minimum absolute atomic E-state index is 0.0611. The Balaban J connectivity index is 1.68. The minimum Gasteiger partial charge on any atom is -0.309 e. The molecular weight excluding hydrogens is 386 g/mol. The Morgan fingerprint density at radius 3 is 2.25 bits per heavy atom. The smallest absolute Gasteiger partial charge is 0.0588 e. The van der Waals surface area contributed by atoms with Gasteiger partial charge in [0.05, 0.1) is 11.0 Å². The summed E-state index contributed by atoms with van der Waals surface area (Å²) in [5, 5.41) is 5.18. The van der Waals surface area contributed by atoms with Crippen molar-refractivity contribution >= 4 is 32.6 Å². The van der Waals surface area contributed by atoms with E-state index in [-0.39, 0.29) is 5.41 Å². The van der Waals surface area contributed by atoms with Gasteiger partial charge in [0.2, 0.25) is 0 Å². The fraction of sp³-hybridized carbons (Fsp3) is 0.0968. The number of benzene rings is 5. The maximum Gasteiger partial charge on any atom is 0.0588 e. The van der Waals surface area contributed by atoms with Crippen LogP contribution in [0.1, 0.15) is 25.0 Å². The lowest BCUT2D eigenvalue weighted by Crippen LogP contribution is -2.16. The SMILES string of the molecule is CC1(C)c2ccccc2-c2ccc3c4ccccc4n(-c4ccc5ccccc5c4)c3c21. The molecule has 0 amide bonds. The summed E-state index contributed by atoms with van der Waals surface area (Å²) in [4.78, 5) is 0. The first-order chi connectivity index (χ1) is 15.6. The third kappa shape index (κ3) is 2.18. The molecule has 0 spiro atoms. The summed E-state index contributed by atoms with van der Waals surface area (Å²) in [6, 6.07) is 37.8. The fourth-order valence-corrected chi connectivity index (χ4v) is 5.90. The number of aromatic nitrogens is 1. The first-order valence-electron chi connectivity index (χ1n) is 11.3. The van der Waals surface area contributed by atoms with Crippen molar-refractivity contribution in [1.82, 2.24) is 4.57 Å². The van der Waals surface area contributed by atoms with E-state index in [0.717, 1.165) is 0 Å². The van der Waals surface area contributed by atoms with Crippen LogP contribution in [0.5, 0.6) is 0 Å². The van der Waals surface area contributed by atoms with Gasteiger partial charge in [0, 0.05) is 21.9 Å². The van der Waals surface area contributed by atoms with Gasteiger partial charge in [-0.2, -0.15) is 0 Å². The standard InChI is InChI=1S/C31H23N/c1-31(2)27-13-7-5-11-23(27)25-17-18-26-24-12-6-8-14-28(24)32(30(26)29(25)31)22-16-15-20-9-3-4-10-21(20)19-22/h3-19H,1-2H3. The number of nitrogens with zero attached hydrogens (tertiary/aromatic N) is 1. The molecule has 0 saturated heterocycles. The van der Waals surface area contributed by atoms with E-state index in [1.54, 1.807) is 0 Å². The number of rotatable bonds is 1. The highest BCUT2D eigenvalue weighted by molar-refractivity contribution is 6.13. The molecule has 152 valence electrons. The lowest BCUT2D eigenvalue weighted by molar-refractivity contribution is 0.664. The van der Waals surface area contributed by atoms with Crippen molar-refractivity contribution < 1.29 is 0 Å². The van der Waals surface area contributed by atoms with Crippen molar-refractivity contribution in [3.63, 3.8) is 0 Å². The van der Waals surface area contributed by atoms with Gasteiger partial charge in [-0.3, -0.25) is 0 Å². The molecular formula is C31H23N. The van der Waals surface area contributed by atoms with Crippen LogP contribution >= 0.6 is 0 Å². The molecule has 0 bridgehead atoms. The predicted octanol–water partition coefficient (Wildman–Crippen LogP) is 8.24. The second-order valence-electron chi connectivity index (χ2n) is 9.44. The van der Waals surface area contributed by atoms with Gasteiger partial charge < -0.3 is 4.57 Å². The summed E-state index contributed by atoms with van der Waals surface area (Å²) < 4.78 is 2.49. The molecule has 6 aromatic rings. The molecule has 0 saturated carbocycles. The normalized spacial score (nSPS) is 14.2. The molecule has 0 radical (unpaired) electrons. The molecule has 1 heterocycles. The maximum absolute atomic E-state index is 2.49. The highest BCUT2D eigenvalue weighted by atomic mass is 15.0. The van der Waals surface area contributed by atoms with Crippen molar-refractivity contribution in [1.29, 1.82) is 0 Å². The first kappa shape index (κ1) is 17.8. The zero-order valence-electron chi connectivity index (χ0n) is 18.3. The Kier molecular flexibility index (Phi) is 3.40. The van der Waals surface area contributed by atoms with Crippen LogP contribution < -0.4 is 0 Å². The summed E-state index contributed by atoms with van der Waals surface area (Å²) in [5.41, 5.74) is 9.33. The third-order valence-electron chi connectivity index (χ3n) is 7.34. The summed E-state index contributed by atoms with van der Waals surface area (Å²) in [7, 11) is 0. The summed E-state index contributed by atoms with van der Waals surface area (Å²) in [6.07, 6.45) is 0. The van der Waals surface area contributed by atoms with Crippen molar-refractivity contribution in [3.8, 4) is 16.8 Å². The van der Waals surface area contributed by atoms with Crippen molar-refractivity contribution in [2.45, 2.75) is 19.3 Å². The monoisotopic (exact) mass is 409 g/mol. The zero-order chi connectivity index (χ0) is 21.4. The van der Waals surface area contributed by atoms with E-state index >= 15 is 0 Å². The highest BCUT2D eigenvalue weighted by Crippen LogP contribution is 2.52. The molecule has 5 aromatic carbocycles. The number of fused-ring (bicyclic) bond motifs is 8. The van der Waals surface area contributed by atoms with E-state index in [4.69, 9.17) is 0 Å². The topological polar surface area (TPSA) is 4.93 Å². The lowest BCUT2D eigenvalue weighted by atomic mass is 9.81. The average Bonchev–Trinajstić information content (AvgIpc) is 3.28. The van der Waals surface area contributed by atoms with Gasteiger partial charge in [0.1, 0.15) is 0 Å². The lowest BCUT2D eigenvalue weighted by Gasteiger charge is -2.23. The second kappa shape index (κ2) is 6.11. The van der Waals surface area contributed by atoms with Crippen LogP contribution in [0.2, 0.25) is 0 Å². The molecule has 1 nitrogen and oxygen atoms in total. The van der Waals surface area contributed by atoms with E-state index in [9.17, 15) is 0 Å². The summed E-state index contributed by atoms with van der Waals surface area (Å²) in [6.45, 7) is 4.75. The Morgan fingerprint density at radius 2 is 1.34 bits per heavy atom. The predicted molar refractivity (Wildman–Crippen MR) is 136 cm³/mol. The van der Waals surface area contributed by atoms with Crippen LogP contribution in [0.25, 0.3) is 49.4 Å². The molecule has 1 aromatic heterocycles. The molecule has 7 rings (SSSR count). The van der Waals surface area contributed by atoms with Crippen LogP contribution in [0, 0.1) is 0 Å². The second-order valence-corrected chi connectivity index (χ2v) is 9.44. The van der Waals surface area contributed by atoms with Gasteiger partial charge in [-0.05, 0) is 51.2 Å². The highest BCUT2D eigenvalue weighted by Gasteiger charge is 2.38. The van der Waals surface area contributed by atoms with Crippen LogP contribution in [0.3, 0.4) is 0 Å². The number of hydrogen-bond donors (Lipinski definition) is 0. The van der Waals surface area contributed by atoms with Gasteiger partial charge in [0.25, 0.3) is 0 Å². The molecule has 0 atom stereocenters. The molecule has 1 heteroatoms. The van der Waals surface area contributed by atoms with Crippen LogP contribution in [-0.4, -0.2) is 4.57 Å². The Labute approximate surface area is 187 Å². The zero-order valence-corrected chi connectivity index (χ0v) is 18.3. The van der Waals surface area contributed by atoms with E-state index in [2.05, 4.69) is 122 Å². The molecule has 1 aliphatic carbocycles. The van der Waals surface area contributed by atoms with E-state index in [1.165, 1.54) is 60.5 Å². The van der Waals surface area contributed by atoms with Gasteiger partial charge in [0.15, 0.2) is 0 Å². The van der Waals surface area contributed by atoms with E-state index in [0.29, 0.717) is 0 Å². The molecule has 0 unspecified atom stereocenters. The van der Waals surface area contributed by atoms with Crippen molar-refractivity contribution in [2.75, 3.05) is 0 Å². The Morgan fingerprint density at radius 1 is 0.594 bits per heavy atom. The average molecular weight is 410 g/mol. The number of para-hydroxylation sites is 1. The van der Waals surface area contributed by atoms with Crippen LogP contribution in [0.15, 0.2) is 103 Å². The van der Waals surface area contributed by atoms with E-state index < -0.39 is 0 Å². The van der Waals surface area contributed by atoms with Crippen LogP contribution in [0.4, 0.5) is 0 Å². The van der Waals surface area contributed by atoms with Gasteiger partial charge >= 0.3 is 0 Å². The summed E-state index contributed by atoms with van der Waals surface area (Å²) in [5.74, 6) is 0. The molecule has 0 fully saturated rings. The van der Waals surface area contributed by atoms with Gasteiger partial charge in [-0.25, -0.2) is 0 Å². The minimum atomic E-state index is -0.0611. The van der Waals surface area contributed by atoms with Gasteiger partial charge in [-0.15, -0.1) is 0 Å². The molecule has 1 aliphatic rings. The van der Waals surface area contributed by atoms with Gasteiger partial charge in [-0.1, -0.05) is 98.8 Å². The van der Waals surface area contributed by atoms with Crippen molar-refractivity contribution in [3.05, 3.63) is 114 Å².